The number of hydrogen-bond donors (Lipinski definition) is 0. The molecule has 3 nitrogen and oxygen atoms in total. The first-order chi connectivity index (χ1) is 5.46. The van der Waals surface area contributed by atoms with E-state index in [9.17, 15) is 13.2 Å². The average molecular weight is 202 g/mol. The molecule has 0 aromatic heterocycles. The van der Waals surface area contributed by atoms with Crippen LogP contribution in [0.2, 0.25) is 0 Å². The smallest absolute Gasteiger partial charge is 0.259 e. The molecule has 70 valence electrons. The van der Waals surface area contributed by atoms with Crippen LogP contribution < -0.4 is 0 Å². The number of nitrogens with zero attached hydrogens (tertiary/aromatic N) is 3. The normalized spacial score (nSPS) is 23.9. The minimum absolute atomic E-state index is 0.0397. The van der Waals surface area contributed by atoms with Crippen LogP contribution in [0.3, 0.4) is 0 Å². The summed E-state index contributed by atoms with van der Waals surface area (Å²) in [6, 6.07) is 0. The van der Waals surface area contributed by atoms with Gasteiger partial charge in [-0.15, -0.1) is 13.2 Å². The van der Waals surface area contributed by atoms with Crippen molar-refractivity contribution in [2.75, 3.05) is 6.54 Å². The molecular formula is C5H7ClF3N3. The van der Waals surface area contributed by atoms with Crippen LogP contribution in [0, 0.1) is 0 Å². The standard InChI is InChI=1S/C5H7ClF3N3/c1-2-12-4(6)11(3-10-12)5(7,8)9/h3-4H,2H2,1H3. The lowest BCUT2D eigenvalue weighted by Crippen LogP contribution is -2.43. The van der Waals surface area contributed by atoms with Crippen LogP contribution in [0.5, 0.6) is 0 Å². The van der Waals surface area contributed by atoms with E-state index >= 15 is 0 Å². The van der Waals surface area contributed by atoms with E-state index in [-0.39, 0.29) is 4.90 Å². The summed E-state index contributed by atoms with van der Waals surface area (Å²) in [6.45, 7) is 2.02. The van der Waals surface area contributed by atoms with E-state index in [1.807, 2.05) is 0 Å². The number of hydrogen-bond acceptors (Lipinski definition) is 3. The highest BCUT2D eigenvalue weighted by Crippen LogP contribution is 2.28. The van der Waals surface area contributed by atoms with E-state index < -0.39 is 11.9 Å². The molecule has 1 unspecified atom stereocenters. The van der Waals surface area contributed by atoms with Gasteiger partial charge in [0.25, 0.3) is 0 Å². The first-order valence-corrected chi connectivity index (χ1v) is 3.70. The van der Waals surface area contributed by atoms with Crippen LogP contribution in [-0.4, -0.2) is 34.7 Å². The summed E-state index contributed by atoms with van der Waals surface area (Å²) < 4.78 is 36.1. The second kappa shape index (κ2) is 3.01. The first kappa shape index (κ1) is 9.44. The van der Waals surface area contributed by atoms with Gasteiger partial charge in [0.05, 0.1) is 0 Å². The van der Waals surface area contributed by atoms with E-state index in [1.165, 1.54) is 0 Å². The molecule has 0 bridgehead atoms. The summed E-state index contributed by atoms with van der Waals surface area (Å²) >= 11 is 5.44. The summed E-state index contributed by atoms with van der Waals surface area (Å²) in [7, 11) is 0. The molecule has 0 spiro atoms. The molecule has 0 saturated carbocycles. The fourth-order valence-corrected chi connectivity index (χ4v) is 1.14. The highest BCUT2D eigenvalue weighted by Gasteiger charge is 2.44. The zero-order valence-electron chi connectivity index (χ0n) is 6.22. The molecule has 0 radical (unpaired) electrons. The molecule has 1 atom stereocenters. The molecule has 0 N–H and O–H groups in total. The average Bonchev–Trinajstić information content (AvgIpc) is 2.29. The van der Waals surface area contributed by atoms with Crippen molar-refractivity contribution in [1.29, 1.82) is 0 Å². The van der Waals surface area contributed by atoms with Crippen molar-refractivity contribution in [3.05, 3.63) is 0 Å². The van der Waals surface area contributed by atoms with Gasteiger partial charge in [0.1, 0.15) is 6.34 Å². The molecule has 1 aliphatic rings. The first-order valence-electron chi connectivity index (χ1n) is 3.26. The maximum absolute atomic E-state index is 12.0. The van der Waals surface area contributed by atoms with E-state index in [2.05, 4.69) is 5.10 Å². The molecule has 1 rings (SSSR count). The van der Waals surface area contributed by atoms with E-state index in [0.717, 1.165) is 5.01 Å². The third-order valence-corrected chi connectivity index (χ3v) is 1.85. The summed E-state index contributed by atoms with van der Waals surface area (Å²) in [5, 5.41) is 4.60. The van der Waals surface area contributed by atoms with E-state index in [4.69, 9.17) is 11.6 Å². The molecule has 0 amide bonds. The monoisotopic (exact) mass is 201 g/mol. The molecule has 1 aliphatic heterocycles. The third kappa shape index (κ3) is 1.57. The summed E-state index contributed by atoms with van der Waals surface area (Å²) in [5.41, 5.74) is -1.25. The Bertz CT molecular complexity index is 193. The van der Waals surface area contributed by atoms with E-state index in [0.29, 0.717) is 12.9 Å². The molecule has 0 aromatic carbocycles. The maximum atomic E-state index is 12.0. The van der Waals surface area contributed by atoms with Crippen LogP contribution in [-0.2, 0) is 0 Å². The number of rotatable bonds is 1. The van der Waals surface area contributed by atoms with Gasteiger partial charge in [-0.05, 0) is 6.92 Å². The fourth-order valence-electron chi connectivity index (χ4n) is 0.794. The molecule has 12 heavy (non-hydrogen) atoms. The summed E-state index contributed by atoms with van der Waals surface area (Å²) in [4.78, 5) is 0.0397. The van der Waals surface area contributed by atoms with Gasteiger partial charge >= 0.3 is 6.30 Å². The lowest BCUT2D eigenvalue weighted by Gasteiger charge is -2.25. The zero-order valence-corrected chi connectivity index (χ0v) is 6.97. The van der Waals surface area contributed by atoms with Gasteiger partial charge in [-0.25, -0.2) is 4.90 Å². The van der Waals surface area contributed by atoms with E-state index in [1.54, 1.807) is 6.92 Å². The molecule has 0 saturated heterocycles. The van der Waals surface area contributed by atoms with Crippen LogP contribution in [0.25, 0.3) is 0 Å². The maximum Gasteiger partial charge on any atom is 0.488 e. The van der Waals surface area contributed by atoms with Crippen LogP contribution in [0.1, 0.15) is 6.92 Å². The van der Waals surface area contributed by atoms with Crippen molar-refractivity contribution in [1.82, 2.24) is 9.91 Å². The van der Waals surface area contributed by atoms with Crippen LogP contribution in [0.15, 0.2) is 5.10 Å². The van der Waals surface area contributed by atoms with Crippen molar-refractivity contribution in [2.45, 2.75) is 18.8 Å². The van der Waals surface area contributed by atoms with Crippen molar-refractivity contribution in [3.8, 4) is 0 Å². The Kier molecular flexibility index (Phi) is 2.36. The van der Waals surface area contributed by atoms with Gasteiger partial charge in [-0.2, -0.15) is 5.10 Å². The van der Waals surface area contributed by atoms with Gasteiger partial charge in [-0.1, -0.05) is 11.6 Å². The third-order valence-electron chi connectivity index (χ3n) is 1.42. The second-order valence-corrected chi connectivity index (χ2v) is 2.56. The van der Waals surface area contributed by atoms with Crippen molar-refractivity contribution in [2.24, 2.45) is 5.10 Å². The minimum atomic E-state index is -4.46. The largest absolute Gasteiger partial charge is 0.488 e. The Morgan fingerprint density at radius 1 is 1.58 bits per heavy atom. The number of hydrazone groups is 1. The number of halogens is 4. The van der Waals surface area contributed by atoms with Crippen LogP contribution in [0.4, 0.5) is 13.2 Å². The predicted octanol–water partition coefficient (Wildman–Crippen LogP) is 1.61. The lowest BCUT2D eigenvalue weighted by atomic mass is 10.7. The molecule has 7 heteroatoms. The van der Waals surface area contributed by atoms with Gasteiger partial charge in [-0.3, -0.25) is 5.01 Å². The molecule has 0 aliphatic carbocycles. The molecule has 1 heterocycles. The minimum Gasteiger partial charge on any atom is -0.259 e. The Balaban J connectivity index is 2.68. The highest BCUT2D eigenvalue weighted by atomic mass is 35.5. The summed E-state index contributed by atoms with van der Waals surface area (Å²) in [6.07, 6.45) is -3.78. The Labute approximate surface area is 72.4 Å². The number of alkyl halides is 4. The van der Waals surface area contributed by atoms with Crippen molar-refractivity contribution in [3.63, 3.8) is 0 Å². The topological polar surface area (TPSA) is 18.8 Å². The lowest BCUT2D eigenvalue weighted by molar-refractivity contribution is -0.225. The van der Waals surface area contributed by atoms with Gasteiger partial charge < -0.3 is 0 Å². The molecule has 0 fully saturated rings. The zero-order chi connectivity index (χ0) is 9.35. The SMILES string of the molecule is CCN1N=CN(C(F)(F)F)C1Cl. The second-order valence-electron chi connectivity index (χ2n) is 2.17. The fraction of sp³-hybridized carbons (Fsp3) is 0.800. The van der Waals surface area contributed by atoms with Gasteiger partial charge in [0, 0.05) is 6.54 Å². The van der Waals surface area contributed by atoms with Gasteiger partial charge in [0.2, 0.25) is 5.62 Å². The van der Waals surface area contributed by atoms with Crippen molar-refractivity contribution >= 4 is 17.9 Å². The summed E-state index contributed by atoms with van der Waals surface area (Å²) in [5.74, 6) is 0. The van der Waals surface area contributed by atoms with Crippen molar-refractivity contribution < 1.29 is 13.2 Å². The predicted molar refractivity (Wildman–Crippen MR) is 38.4 cm³/mol. The van der Waals surface area contributed by atoms with Gasteiger partial charge in [0.15, 0.2) is 0 Å². The molecule has 0 aromatic rings. The molecular weight excluding hydrogens is 195 g/mol. The highest BCUT2D eigenvalue weighted by molar-refractivity contribution is 6.21. The Hall–Kier alpha value is -0.650. The Morgan fingerprint density at radius 3 is 2.42 bits per heavy atom. The van der Waals surface area contributed by atoms with Crippen LogP contribution >= 0.6 is 11.6 Å². The Morgan fingerprint density at radius 2 is 2.17 bits per heavy atom. The quantitative estimate of drug-likeness (QED) is 0.474.